The topological polar surface area (TPSA) is 180 Å². The fraction of sp³-hybridized carbons (Fsp3) is 0.850. The predicted octanol–water partition coefficient (Wildman–Crippen LogP) is 2.27. The summed E-state index contributed by atoms with van der Waals surface area (Å²) in [5.74, 6) is -0.221. The fourth-order valence-corrected chi connectivity index (χ4v) is 10.1. The van der Waals surface area contributed by atoms with Gasteiger partial charge in [-0.05, 0) is 62.0 Å². The van der Waals surface area contributed by atoms with Crippen LogP contribution in [0.5, 0.6) is 0 Å². The quantitative estimate of drug-likeness (QED) is 0.308. The number of hydrogen-bond donors (Lipinski definition) is 4. The molecule has 0 aromatic rings. The second-order valence-corrected chi connectivity index (χ2v) is 16.8. The zero-order chi connectivity index (χ0) is 37.6. The van der Waals surface area contributed by atoms with Gasteiger partial charge in [-0.2, -0.15) is 0 Å². The van der Waals surface area contributed by atoms with Crippen molar-refractivity contribution in [2.24, 2.45) is 11.8 Å². The summed E-state index contributed by atoms with van der Waals surface area (Å²) in [6, 6.07) is 0. The lowest BCUT2D eigenvalue weighted by atomic mass is 9.81. The molecule has 0 aliphatic carbocycles. The number of aliphatic hydroxyl groups excluding tert-OH is 4. The third-order valence-electron chi connectivity index (χ3n) is 13.1. The highest BCUT2D eigenvalue weighted by atomic mass is 16.6. The summed E-state index contributed by atoms with van der Waals surface area (Å²) in [5.41, 5.74) is 2.00. The van der Waals surface area contributed by atoms with Gasteiger partial charge in [0.15, 0.2) is 0 Å². The van der Waals surface area contributed by atoms with E-state index in [0.29, 0.717) is 32.1 Å². The number of fused-ring (bicyclic) bond motifs is 7. The van der Waals surface area contributed by atoms with Crippen molar-refractivity contribution in [1.82, 2.24) is 0 Å². The molecule has 13 nitrogen and oxygen atoms in total. The van der Waals surface area contributed by atoms with Crippen LogP contribution in [0, 0.1) is 11.8 Å². The minimum atomic E-state index is -1.10. The molecule has 298 valence electrons. The molecule has 8 bridgehead atoms. The van der Waals surface area contributed by atoms with Gasteiger partial charge in [0.1, 0.15) is 42.1 Å². The molecule has 7 aliphatic rings. The SMILES string of the molecule is C=C1CC2CCC(=O)C[C@H]3OC4C(OC5CCC(CC(=O)CC6[C@H](C[C@H]7O[C@@H](CC[C@@H]1O2)C[C@@H](C)C7=C)O[C@H](CC(O)CO)[C@@H]6OC)O[C@@H]5C4O)C3O. The number of Topliss-reactive ketones (excluding diaryl/α,β-unsaturated/α-hetero) is 2. The first kappa shape index (κ1) is 39.6. The summed E-state index contributed by atoms with van der Waals surface area (Å²) in [6.45, 7) is 10.4. The third kappa shape index (κ3) is 8.56. The van der Waals surface area contributed by atoms with E-state index in [0.717, 1.165) is 30.4 Å². The Bertz CT molecular complexity index is 1340. The molecule has 0 amide bonds. The molecule has 18 atom stereocenters. The predicted molar refractivity (Wildman–Crippen MR) is 189 cm³/mol. The zero-order valence-electron chi connectivity index (χ0n) is 31.2. The van der Waals surface area contributed by atoms with E-state index in [-0.39, 0.29) is 79.9 Å². The molecule has 7 heterocycles. The lowest BCUT2D eigenvalue weighted by Gasteiger charge is -2.46. The average molecular weight is 749 g/mol. The van der Waals surface area contributed by atoms with Crippen LogP contribution in [0.4, 0.5) is 0 Å². The van der Waals surface area contributed by atoms with Crippen LogP contribution in [0.25, 0.3) is 0 Å². The minimum absolute atomic E-state index is 0.00643. The number of methoxy groups -OCH3 is 1. The van der Waals surface area contributed by atoms with E-state index in [4.69, 9.17) is 33.2 Å². The highest BCUT2D eigenvalue weighted by molar-refractivity contribution is 5.79. The molecule has 7 aliphatic heterocycles. The van der Waals surface area contributed by atoms with Crippen LogP contribution >= 0.6 is 0 Å². The zero-order valence-corrected chi connectivity index (χ0v) is 31.2. The van der Waals surface area contributed by atoms with Crippen LogP contribution in [0.1, 0.15) is 90.4 Å². The molecule has 7 saturated heterocycles. The van der Waals surface area contributed by atoms with Gasteiger partial charge in [-0.3, -0.25) is 9.59 Å². The molecule has 4 N–H and O–H groups in total. The molecule has 7 rings (SSSR count). The molecule has 0 radical (unpaired) electrons. The molecule has 0 aromatic heterocycles. The summed E-state index contributed by atoms with van der Waals surface area (Å²) in [5, 5.41) is 42.6. The number of carbonyl (C=O) groups is 2. The van der Waals surface area contributed by atoms with Crippen molar-refractivity contribution < 1.29 is 63.2 Å². The first-order chi connectivity index (χ1) is 25.4. The maximum atomic E-state index is 13.9. The van der Waals surface area contributed by atoms with Gasteiger partial charge in [0.2, 0.25) is 0 Å². The summed E-state index contributed by atoms with van der Waals surface area (Å²) >= 11 is 0. The van der Waals surface area contributed by atoms with Crippen LogP contribution in [-0.2, 0) is 42.7 Å². The minimum Gasteiger partial charge on any atom is -0.394 e. The maximum Gasteiger partial charge on any atom is 0.135 e. The molecule has 13 heteroatoms. The normalized spacial score (nSPS) is 47.7. The number of ketones is 2. The molecular weight excluding hydrogens is 688 g/mol. The Kier molecular flexibility index (Phi) is 12.6. The van der Waals surface area contributed by atoms with E-state index in [2.05, 4.69) is 20.1 Å². The third-order valence-corrected chi connectivity index (χ3v) is 13.1. The highest BCUT2D eigenvalue weighted by Crippen LogP contribution is 2.43. The van der Waals surface area contributed by atoms with Crippen molar-refractivity contribution in [3.05, 3.63) is 24.3 Å². The summed E-state index contributed by atoms with van der Waals surface area (Å²) in [6.07, 6.45) is -3.55. The van der Waals surface area contributed by atoms with Gasteiger partial charge in [-0.1, -0.05) is 20.1 Å². The number of ether oxygens (including phenoxy) is 7. The Balaban J connectivity index is 1.11. The monoisotopic (exact) mass is 748 g/mol. The van der Waals surface area contributed by atoms with E-state index < -0.39 is 79.9 Å². The smallest absolute Gasteiger partial charge is 0.135 e. The van der Waals surface area contributed by atoms with Crippen molar-refractivity contribution in [3.63, 3.8) is 0 Å². The van der Waals surface area contributed by atoms with Crippen LogP contribution in [0.3, 0.4) is 0 Å². The van der Waals surface area contributed by atoms with Gasteiger partial charge >= 0.3 is 0 Å². The summed E-state index contributed by atoms with van der Waals surface area (Å²) in [7, 11) is 1.58. The first-order valence-corrected chi connectivity index (χ1v) is 19.9. The van der Waals surface area contributed by atoms with Gasteiger partial charge in [0.25, 0.3) is 0 Å². The first-order valence-electron chi connectivity index (χ1n) is 19.9. The second kappa shape index (κ2) is 16.9. The van der Waals surface area contributed by atoms with Crippen molar-refractivity contribution in [2.75, 3.05) is 13.7 Å². The van der Waals surface area contributed by atoms with Gasteiger partial charge in [-0.15, -0.1) is 0 Å². The van der Waals surface area contributed by atoms with Crippen molar-refractivity contribution in [3.8, 4) is 0 Å². The Morgan fingerprint density at radius 2 is 1.45 bits per heavy atom. The maximum absolute atomic E-state index is 13.9. The van der Waals surface area contributed by atoms with E-state index in [1.54, 1.807) is 7.11 Å². The van der Waals surface area contributed by atoms with Crippen LogP contribution in [0.15, 0.2) is 24.3 Å². The van der Waals surface area contributed by atoms with E-state index in [1.807, 2.05) is 0 Å². The average Bonchev–Trinajstić information content (AvgIpc) is 3.76. The fourth-order valence-electron chi connectivity index (χ4n) is 10.1. The van der Waals surface area contributed by atoms with Crippen molar-refractivity contribution >= 4 is 11.6 Å². The Labute approximate surface area is 312 Å². The largest absolute Gasteiger partial charge is 0.394 e. The van der Waals surface area contributed by atoms with Crippen molar-refractivity contribution in [1.29, 1.82) is 0 Å². The number of rotatable bonds is 4. The Morgan fingerprint density at radius 1 is 0.736 bits per heavy atom. The van der Waals surface area contributed by atoms with E-state index in [1.165, 1.54) is 0 Å². The van der Waals surface area contributed by atoms with Gasteiger partial charge in [-0.25, -0.2) is 0 Å². The Morgan fingerprint density at radius 3 is 2.23 bits per heavy atom. The molecule has 9 unspecified atom stereocenters. The molecule has 0 aromatic carbocycles. The second-order valence-electron chi connectivity index (χ2n) is 16.8. The van der Waals surface area contributed by atoms with Gasteiger partial charge < -0.3 is 53.6 Å². The molecular formula is C40H60O13. The van der Waals surface area contributed by atoms with Gasteiger partial charge in [0, 0.05) is 51.6 Å². The molecule has 7 fully saturated rings. The highest BCUT2D eigenvalue weighted by Gasteiger charge is 2.57. The molecule has 0 spiro atoms. The van der Waals surface area contributed by atoms with Gasteiger partial charge in [0.05, 0.1) is 73.8 Å². The van der Waals surface area contributed by atoms with Crippen molar-refractivity contribution in [2.45, 2.75) is 188 Å². The summed E-state index contributed by atoms with van der Waals surface area (Å²) in [4.78, 5) is 27.0. The molecule has 53 heavy (non-hydrogen) atoms. The van der Waals surface area contributed by atoms with E-state index in [9.17, 15) is 30.0 Å². The standard InChI is InChI=1S/C40H60O13/c1-19-11-26-7-9-29-20(2)12-25(48-29)6-5-22(42)15-33-35(45)39-40(53-33)36(46)38-30(52-39)10-8-27(50-38)13-23(43)14-28-32(17-31(49-26)21(19)3)51-34(37(28)47-4)16-24(44)18-41/h19,24-41,44-46H,2-3,5-18H2,1,4H3/t19-,24?,25?,26+,27?,28?,29+,30?,31-,32+,33-,34-,35?,36?,37-,38+,39?,40?/m1/s1. The molecule has 0 saturated carbocycles. The number of aliphatic hydroxyl groups is 4. The summed E-state index contributed by atoms with van der Waals surface area (Å²) < 4.78 is 44.3. The van der Waals surface area contributed by atoms with E-state index >= 15 is 0 Å². The number of carbonyl (C=O) groups excluding carboxylic acids is 2. The lowest BCUT2D eigenvalue weighted by Crippen LogP contribution is -2.61. The van der Waals surface area contributed by atoms with Crippen LogP contribution in [0.2, 0.25) is 0 Å². The Hall–Kier alpha value is -1.62. The van der Waals surface area contributed by atoms with Crippen LogP contribution in [-0.4, -0.2) is 143 Å². The lowest BCUT2D eigenvalue weighted by molar-refractivity contribution is -0.259. The number of hydrogen-bond acceptors (Lipinski definition) is 13. The van der Waals surface area contributed by atoms with Crippen LogP contribution < -0.4 is 0 Å².